The van der Waals surface area contributed by atoms with E-state index in [0.29, 0.717) is 6.42 Å². The molecule has 0 bridgehead atoms. The van der Waals surface area contributed by atoms with Crippen LogP contribution in [0.15, 0.2) is 23.7 Å². The minimum Gasteiger partial charge on any atom is -0.442 e. The molecule has 0 fully saturated rings. The largest absolute Gasteiger partial charge is 0.442 e. The molecule has 0 radical (unpaired) electrons. The minimum atomic E-state index is -1.45. The van der Waals surface area contributed by atoms with Crippen LogP contribution in [0.5, 0.6) is 0 Å². The monoisotopic (exact) mass is 258 g/mol. The third-order valence-electron chi connectivity index (χ3n) is 1.76. The average molecular weight is 258 g/mol. The van der Waals surface area contributed by atoms with E-state index in [1.807, 2.05) is 0 Å². The number of ether oxygens (including phenoxy) is 4. The lowest BCUT2D eigenvalue weighted by atomic mass is 10.3. The molecule has 0 aliphatic heterocycles. The van der Waals surface area contributed by atoms with Gasteiger partial charge in [0, 0.05) is 20.6 Å². The highest BCUT2D eigenvalue weighted by atomic mass is 16.8. The Balaban J connectivity index is 4.81. The standard InChI is InChI=1S/C12H18O6/c1-5-6-7-8-10(18-12(14)16-4)9(2)17-11(13)15-3/h1,7-8,11-14H,6H2,2-4H3/b8-7-,10-9-. The quantitative estimate of drug-likeness (QED) is 0.288. The molecule has 0 rings (SSSR count). The van der Waals surface area contributed by atoms with Crippen LogP contribution in [0.4, 0.5) is 0 Å². The van der Waals surface area contributed by atoms with Crippen LogP contribution < -0.4 is 0 Å². The molecule has 6 heteroatoms. The van der Waals surface area contributed by atoms with Gasteiger partial charge in [-0.25, -0.2) is 0 Å². The highest BCUT2D eigenvalue weighted by molar-refractivity contribution is 5.16. The summed E-state index contributed by atoms with van der Waals surface area (Å²) in [6, 6.07) is 0. The molecule has 0 aromatic heterocycles. The second kappa shape index (κ2) is 9.50. The number of terminal acetylenes is 1. The predicted molar refractivity (Wildman–Crippen MR) is 63.5 cm³/mol. The third-order valence-corrected chi connectivity index (χ3v) is 1.76. The van der Waals surface area contributed by atoms with Gasteiger partial charge in [-0.2, -0.15) is 0 Å². The molecule has 2 unspecified atom stereocenters. The van der Waals surface area contributed by atoms with Crippen LogP contribution in [-0.2, 0) is 18.9 Å². The van der Waals surface area contributed by atoms with Gasteiger partial charge in [0.05, 0.1) is 0 Å². The number of allylic oxidation sites excluding steroid dienone is 3. The second-order valence-electron chi connectivity index (χ2n) is 3.05. The molecule has 0 aromatic rings. The molecule has 0 saturated carbocycles. The lowest BCUT2D eigenvalue weighted by molar-refractivity contribution is -0.244. The minimum absolute atomic E-state index is 0.163. The van der Waals surface area contributed by atoms with Crippen LogP contribution in [-0.4, -0.2) is 37.4 Å². The third kappa shape index (κ3) is 6.93. The molecular formula is C12H18O6. The molecule has 0 saturated heterocycles. The van der Waals surface area contributed by atoms with Gasteiger partial charge in [-0.3, -0.25) is 0 Å². The van der Waals surface area contributed by atoms with E-state index in [-0.39, 0.29) is 11.5 Å². The van der Waals surface area contributed by atoms with Gasteiger partial charge in [-0.1, -0.05) is 6.08 Å². The van der Waals surface area contributed by atoms with E-state index in [1.54, 1.807) is 6.08 Å². The molecular weight excluding hydrogens is 240 g/mol. The lowest BCUT2D eigenvalue weighted by Crippen LogP contribution is -2.17. The van der Waals surface area contributed by atoms with E-state index < -0.39 is 13.0 Å². The maximum absolute atomic E-state index is 9.22. The van der Waals surface area contributed by atoms with Crippen molar-refractivity contribution in [3.8, 4) is 12.3 Å². The molecule has 0 aliphatic rings. The zero-order valence-electron chi connectivity index (χ0n) is 10.6. The van der Waals surface area contributed by atoms with Gasteiger partial charge in [-0.15, -0.1) is 12.3 Å². The first-order valence-electron chi connectivity index (χ1n) is 5.11. The van der Waals surface area contributed by atoms with Crippen molar-refractivity contribution in [2.24, 2.45) is 0 Å². The second-order valence-corrected chi connectivity index (χ2v) is 3.05. The number of methoxy groups -OCH3 is 2. The van der Waals surface area contributed by atoms with Crippen LogP contribution >= 0.6 is 0 Å². The van der Waals surface area contributed by atoms with Crippen molar-refractivity contribution in [1.82, 2.24) is 0 Å². The smallest absolute Gasteiger partial charge is 0.313 e. The van der Waals surface area contributed by atoms with Crippen molar-refractivity contribution < 1.29 is 29.2 Å². The average Bonchev–Trinajstić information content (AvgIpc) is 2.37. The number of hydrogen-bond acceptors (Lipinski definition) is 6. The molecule has 2 N–H and O–H groups in total. The predicted octanol–water partition coefficient (Wildman–Crippen LogP) is 0.675. The molecule has 6 nitrogen and oxygen atoms in total. The van der Waals surface area contributed by atoms with E-state index in [1.165, 1.54) is 27.2 Å². The fraction of sp³-hybridized carbons (Fsp3) is 0.500. The molecule has 18 heavy (non-hydrogen) atoms. The maximum Gasteiger partial charge on any atom is 0.313 e. The fourth-order valence-corrected chi connectivity index (χ4v) is 0.888. The van der Waals surface area contributed by atoms with Gasteiger partial charge in [0.25, 0.3) is 0 Å². The highest BCUT2D eigenvalue weighted by Gasteiger charge is 2.11. The first kappa shape index (κ1) is 16.5. The Bertz CT molecular complexity index is 328. The topological polar surface area (TPSA) is 77.4 Å². The Morgan fingerprint density at radius 3 is 2.28 bits per heavy atom. The van der Waals surface area contributed by atoms with E-state index in [0.717, 1.165) is 0 Å². The molecule has 102 valence electrons. The van der Waals surface area contributed by atoms with Crippen molar-refractivity contribution >= 4 is 0 Å². The van der Waals surface area contributed by atoms with E-state index >= 15 is 0 Å². The summed E-state index contributed by atoms with van der Waals surface area (Å²) in [7, 11) is 2.55. The zero-order chi connectivity index (χ0) is 14.0. The fourth-order valence-electron chi connectivity index (χ4n) is 0.888. The van der Waals surface area contributed by atoms with Gasteiger partial charge in [0.15, 0.2) is 5.76 Å². The number of rotatable bonds is 8. The van der Waals surface area contributed by atoms with Gasteiger partial charge in [-0.05, 0) is 13.0 Å². The van der Waals surface area contributed by atoms with Crippen LogP contribution in [0.1, 0.15) is 13.3 Å². The SMILES string of the molecule is C#CC/C=C\C(OC(O)OC)=C(/C)OC(O)OC. The maximum atomic E-state index is 9.22. The summed E-state index contributed by atoms with van der Waals surface area (Å²) >= 11 is 0. The lowest BCUT2D eigenvalue weighted by Gasteiger charge is -2.17. The molecule has 0 amide bonds. The Hall–Kier alpha value is -1.52. The number of aliphatic hydroxyl groups is 2. The van der Waals surface area contributed by atoms with Crippen molar-refractivity contribution in [3.05, 3.63) is 23.7 Å². The van der Waals surface area contributed by atoms with Crippen molar-refractivity contribution in [3.63, 3.8) is 0 Å². The first-order chi connectivity index (χ1) is 8.54. The Morgan fingerprint density at radius 1 is 1.22 bits per heavy atom. The van der Waals surface area contributed by atoms with Crippen LogP contribution in [0.2, 0.25) is 0 Å². The van der Waals surface area contributed by atoms with Crippen LogP contribution in [0, 0.1) is 12.3 Å². The molecule has 0 heterocycles. The molecule has 0 spiro atoms. The van der Waals surface area contributed by atoms with Crippen LogP contribution in [0.3, 0.4) is 0 Å². The number of hydrogen-bond donors (Lipinski definition) is 2. The van der Waals surface area contributed by atoms with Crippen molar-refractivity contribution in [2.45, 2.75) is 26.3 Å². The Morgan fingerprint density at radius 2 is 1.78 bits per heavy atom. The van der Waals surface area contributed by atoms with Crippen LogP contribution in [0.25, 0.3) is 0 Å². The molecule has 0 aromatic carbocycles. The van der Waals surface area contributed by atoms with E-state index in [2.05, 4.69) is 15.4 Å². The van der Waals surface area contributed by atoms with Gasteiger partial charge in [0.2, 0.25) is 0 Å². The highest BCUT2D eigenvalue weighted by Crippen LogP contribution is 2.13. The van der Waals surface area contributed by atoms with Gasteiger partial charge < -0.3 is 29.2 Å². The zero-order valence-corrected chi connectivity index (χ0v) is 10.6. The summed E-state index contributed by atoms with van der Waals surface area (Å²) in [4.78, 5) is 0. The first-order valence-corrected chi connectivity index (χ1v) is 5.11. The summed E-state index contributed by atoms with van der Waals surface area (Å²) in [6.07, 6.45) is 8.61. The van der Waals surface area contributed by atoms with E-state index in [4.69, 9.17) is 21.0 Å². The summed E-state index contributed by atoms with van der Waals surface area (Å²) in [6.45, 7) is -1.35. The summed E-state index contributed by atoms with van der Waals surface area (Å²) in [5.41, 5.74) is 0. The Kier molecular flexibility index (Phi) is 8.70. The normalized spacial score (nSPS) is 15.8. The molecule has 2 atom stereocenters. The van der Waals surface area contributed by atoms with Gasteiger partial charge >= 0.3 is 13.0 Å². The van der Waals surface area contributed by atoms with E-state index in [9.17, 15) is 5.11 Å². The Labute approximate surface area is 106 Å². The van der Waals surface area contributed by atoms with Crippen molar-refractivity contribution in [1.29, 1.82) is 0 Å². The number of aliphatic hydroxyl groups excluding tert-OH is 2. The summed E-state index contributed by atoms with van der Waals surface area (Å²) < 4.78 is 19.0. The van der Waals surface area contributed by atoms with Gasteiger partial charge in [0.1, 0.15) is 5.76 Å². The van der Waals surface area contributed by atoms with Crippen molar-refractivity contribution in [2.75, 3.05) is 14.2 Å². The summed E-state index contributed by atoms with van der Waals surface area (Å²) in [5.74, 6) is 2.77. The summed E-state index contributed by atoms with van der Waals surface area (Å²) in [5, 5.41) is 18.4. The molecule has 0 aliphatic carbocycles.